The number of aliphatic hydroxyl groups is 2. The van der Waals surface area contributed by atoms with Gasteiger partial charge in [-0.1, -0.05) is 329 Å². The Bertz CT molecular complexity index is 1410. The molecular formula is C71H125NO3. The van der Waals surface area contributed by atoms with Crippen LogP contribution in [0.25, 0.3) is 0 Å². The summed E-state index contributed by atoms with van der Waals surface area (Å²) < 4.78 is 0. The van der Waals surface area contributed by atoms with Crippen LogP contribution in [-0.4, -0.2) is 34.9 Å². The van der Waals surface area contributed by atoms with Crippen molar-refractivity contribution in [1.29, 1.82) is 0 Å². The monoisotopic (exact) mass is 1040 g/mol. The Balaban J connectivity index is 3.53. The molecule has 0 heterocycles. The van der Waals surface area contributed by atoms with E-state index in [2.05, 4.69) is 116 Å². The summed E-state index contributed by atoms with van der Waals surface area (Å²) in [7, 11) is 0. The van der Waals surface area contributed by atoms with Crippen molar-refractivity contribution in [2.45, 2.75) is 328 Å². The zero-order valence-corrected chi connectivity index (χ0v) is 49.8. The lowest BCUT2D eigenvalue weighted by atomic mass is 10.0. The third-order valence-electron chi connectivity index (χ3n) is 14.5. The summed E-state index contributed by atoms with van der Waals surface area (Å²) in [6, 6.07) is -0.646. The van der Waals surface area contributed by atoms with Gasteiger partial charge in [-0.25, -0.2) is 0 Å². The van der Waals surface area contributed by atoms with E-state index in [-0.39, 0.29) is 12.5 Å². The normalized spacial score (nSPS) is 13.5. The van der Waals surface area contributed by atoms with Crippen LogP contribution in [-0.2, 0) is 4.79 Å². The average molecular weight is 1040 g/mol. The van der Waals surface area contributed by atoms with Gasteiger partial charge in [0.1, 0.15) is 0 Å². The molecule has 75 heavy (non-hydrogen) atoms. The van der Waals surface area contributed by atoms with E-state index >= 15 is 0 Å². The molecule has 0 aromatic carbocycles. The lowest BCUT2D eigenvalue weighted by Gasteiger charge is -2.19. The maximum atomic E-state index is 12.5. The van der Waals surface area contributed by atoms with E-state index in [1.54, 1.807) is 6.08 Å². The molecule has 0 saturated carbocycles. The second-order valence-electron chi connectivity index (χ2n) is 21.8. The van der Waals surface area contributed by atoms with Crippen molar-refractivity contribution in [2.24, 2.45) is 0 Å². The molecule has 4 heteroatoms. The molecule has 2 unspecified atom stereocenters. The van der Waals surface area contributed by atoms with Crippen LogP contribution in [0.3, 0.4) is 0 Å². The highest BCUT2D eigenvalue weighted by atomic mass is 16.3. The average Bonchev–Trinajstić information content (AvgIpc) is 3.41. The fraction of sp³-hybridized carbons (Fsp3) is 0.732. The molecule has 0 rings (SSSR count). The molecule has 0 fully saturated rings. The predicted octanol–water partition coefficient (Wildman–Crippen LogP) is 22.2. The Hall–Kier alpha value is -2.95. The van der Waals surface area contributed by atoms with Crippen LogP contribution in [0.5, 0.6) is 0 Å². The zero-order valence-electron chi connectivity index (χ0n) is 49.8. The van der Waals surface area contributed by atoms with Gasteiger partial charge in [0.2, 0.25) is 5.91 Å². The highest BCUT2D eigenvalue weighted by Crippen LogP contribution is 2.17. The van der Waals surface area contributed by atoms with E-state index in [4.69, 9.17) is 0 Å². The fourth-order valence-electron chi connectivity index (χ4n) is 9.59. The van der Waals surface area contributed by atoms with Crippen LogP contribution in [0.4, 0.5) is 0 Å². The quantitative estimate of drug-likeness (QED) is 0.0420. The van der Waals surface area contributed by atoms with Gasteiger partial charge < -0.3 is 15.5 Å². The van der Waals surface area contributed by atoms with Crippen molar-refractivity contribution in [2.75, 3.05) is 6.61 Å². The van der Waals surface area contributed by atoms with Crippen LogP contribution in [0.15, 0.2) is 109 Å². The van der Waals surface area contributed by atoms with Gasteiger partial charge in [0.25, 0.3) is 0 Å². The number of nitrogens with one attached hydrogen (secondary N) is 1. The number of rotatable bonds is 59. The Kier molecular flexibility index (Phi) is 62.8. The number of carbonyl (C=O) groups is 1. The van der Waals surface area contributed by atoms with Crippen molar-refractivity contribution in [3.05, 3.63) is 109 Å². The van der Waals surface area contributed by atoms with Crippen molar-refractivity contribution >= 4 is 5.91 Å². The van der Waals surface area contributed by atoms with Crippen molar-refractivity contribution < 1.29 is 15.0 Å². The molecule has 0 aromatic heterocycles. The van der Waals surface area contributed by atoms with E-state index in [0.717, 1.165) is 77.0 Å². The first-order valence-electron chi connectivity index (χ1n) is 32.6. The Morgan fingerprint density at radius 2 is 0.600 bits per heavy atom. The first-order valence-corrected chi connectivity index (χ1v) is 32.6. The number of aliphatic hydroxyl groups excluding tert-OH is 2. The summed E-state index contributed by atoms with van der Waals surface area (Å²) in [5.41, 5.74) is 0. The maximum absolute atomic E-state index is 12.5. The van der Waals surface area contributed by atoms with Gasteiger partial charge in [-0.05, 0) is 89.9 Å². The summed E-state index contributed by atoms with van der Waals surface area (Å²) in [5.74, 6) is -0.0741. The number of unbranched alkanes of at least 4 members (excludes halogenated alkanes) is 36. The predicted molar refractivity (Wildman–Crippen MR) is 336 cm³/mol. The summed E-state index contributed by atoms with van der Waals surface area (Å²) in [4.78, 5) is 12.5. The van der Waals surface area contributed by atoms with Crippen LogP contribution >= 0.6 is 0 Å². The molecule has 0 spiro atoms. The summed E-state index contributed by atoms with van der Waals surface area (Å²) in [6.45, 7) is 4.20. The van der Waals surface area contributed by atoms with Crippen molar-refractivity contribution in [3.63, 3.8) is 0 Å². The molecule has 432 valence electrons. The molecule has 1 amide bonds. The van der Waals surface area contributed by atoms with Gasteiger partial charge in [0, 0.05) is 6.42 Å². The minimum Gasteiger partial charge on any atom is -0.394 e. The number of hydrogen-bond acceptors (Lipinski definition) is 3. The summed E-state index contributed by atoms with van der Waals surface area (Å²) in [6.07, 6.45) is 98.6. The van der Waals surface area contributed by atoms with Crippen LogP contribution in [0.2, 0.25) is 0 Å². The minimum atomic E-state index is -0.869. The highest BCUT2D eigenvalue weighted by molar-refractivity contribution is 5.76. The molecule has 0 bridgehead atoms. The van der Waals surface area contributed by atoms with Crippen molar-refractivity contribution in [3.8, 4) is 0 Å². The SMILES string of the molecule is CC/C=C\C/C=C\C/C=C\C/C=C\C/C=C\C/C=C\C/C=C\CCCCCCCCCCCCCCCCCC(=O)NC(CO)C(O)/C=C/CC/C=C/CCCCCCCCCCCCCCCCCCCCCC. The van der Waals surface area contributed by atoms with E-state index in [1.165, 1.54) is 218 Å². The third-order valence-corrected chi connectivity index (χ3v) is 14.5. The van der Waals surface area contributed by atoms with Gasteiger partial charge in [-0.15, -0.1) is 0 Å². The van der Waals surface area contributed by atoms with Gasteiger partial charge >= 0.3 is 0 Å². The number of carbonyl (C=O) groups excluding carboxylic acids is 1. The second kappa shape index (κ2) is 65.3. The van der Waals surface area contributed by atoms with Gasteiger partial charge in [0.05, 0.1) is 18.8 Å². The Labute approximate surface area is 467 Å². The van der Waals surface area contributed by atoms with E-state index in [9.17, 15) is 15.0 Å². The summed E-state index contributed by atoms with van der Waals surface area (Å²) in [5, 5.41) is 23.2. The highest BCUT2D eigenvalue weighted by Gasteiger charge is 2.18. The molecule has 0 aliphatic heterocycles. The molecule has 0 saturated heterocycles. The van der Waals surface area contributed by atoms with Gasteiger partial charge in [-0.2, -0.15) is 0 Å². The molecule has 4 nitrogen and oxygen atoms in total. The molecule has 0 aromatic rings. The molecule has 0 aliphatic carbocycles. The van der Waals surface area contributed by atoms with Crippen LogP contribution in [0, 0.1) is 0 Å². The third kappa shape index (κ3) is 61.8. The standard InChI is InChI=1S/C71H125NO3/c1-3-5-7-9-11-13-15-17-19-21-23-25-27-29-31-32-33-34-35-36-37-38-39-40-41-43-45-47-49-51-53-55-57-59-61-63-65-67-71(75)72-69(68-73)70(74)66-64-62-60-58-56-54-52-50-48-46-44-42-30-28-26-24-22-20-18-16-14-12-10-8-6-4-2/h5,7,11,13,17,19,23,25,29,31,33-34,36-37,56,58,64,66,69-70,73-74H,3-4,6,8-10,12,14-16,18,20-22,24,26-28,30,32,35,38-55,57,59-63,65,67-68H2,1-2H3,(H,72,75)/b7-5-,13-11-,19-17-,25-23-,31-29-,34-33-,37-36-,58-56+,66-64+. The molecule has 3 N–H and O–H groups in total. The molecular weight excluding hydrogens is 915 g/mol. The maximum Gasteiger partial charge on any atom is 0.220 e. The molecule has 0 radical (unpaired) electrons. The van der Waals surface area contributed by atoms with Crippen LogP contribution in [0.1, 0.15) is 316 Å². The lowest BCUT2D eigenvalue weighted by Crippen LogP contribution is -2.45. The van der Waals surface area contributed by atoms with Crippen LogP contribution < -0.4 is 5.32 Å². The zero-order chi connectivity index (χ0) is 54.1. The first kappa shape index (κ1) is 72.0. The van der Waals surface area contributed by atoms with Gasteiger partial charge in [0.15, 0.2) is 0 Å². The lowest BCUT2D eigenvalue weighted by molar-refractivity contribution is -0.123. The molecule has 2 atom stereocenters. The molecule has 0 aliphatic rings. The van der Waals surface area contributed by atoms with E-state index in [1.807, 2.05) is 6.08 Å². The minimum absolute atomic E-state index is 0.0741. The smallest absolute Gasteiger partial charge is 0.220 e. The van der Waals surface area contributed by atoms with E-state index < -0.39 is 12.1 Å². The number of amides is 1. The summed E-state index contributed by atoms with van der Waals surface area (Å²) >= 11 is 0. The first-order chi connectivity index (χ1) is 37.2. The number of hydrogen-bond donors (Lipinski definition) is 3. The Morgan fingerprint density at radius 1 is 0.333 bits per heavy atom. The van der Waals surface area contributed by atoms with Crippen molar-refractivity contribution in [1.82, 2.24) is 5.32 Å². The van der Waals surface area contributed by atoms with Gasteiger partial charge in [-0.3, -0.25) is 4.79 Å². The second-order valence-corrected chi connectivity index (χ2v) is 21.8. The fourth-order valence-corrected chi connectivity index (χ4v) is 9.59. The topological polar surface area (TPSA) is 69.6 Å². The van der Waals surface area contributed by atoms with E-state index in [0.29, 0.717) is 6.42 Å². The Morgan fingerprint density at radius 3 is 0.933 bits per heavy atom. The number of allylic oxidation sites excluding steroid dienone is 17. The largest absolute Gasteiger partial charge is 0.394 e.